The monoisotopic (exact) mass is 402 g/mol. The van der Waals surface area contributed by atoms with E-state index < -0.39 is 24.0 Å². The number of nitrogens with zero attached hydrogens (tertiary/aromatic N) is 4. The Bertz CT molecular complexity index is 556. The van der Waals surface area contributed by atoms with Crippen molar-refractivity contribution in [1.82, 2.24) is 19.6 Å². The fourth-order valence-electron chi connectivity index (χ4n) is 2.90. The van der Waals surface area contributed by atoms with E-state index in [4.69, 9.17) is 15.3 Å². The highest BCUT2D eigenvalue weighted by atomic mass is 16.4. The number of carboxylic acid groups (broad SMARTS) is 3. The summed E-state index contributed by atoms with van der Waals surface area (Å²) in [7, 11) is 0. The van der Waals surface area contributed by atoms with Gasteiger partial charge < -0.3 is 30.2 Å². The summed E-state index contributed by atoms with van der Waals surface area (Å²) in [4.78, 5) is 40.1. The molecule has 1 aliphatic heterocycles. The van der Waals surface area contributed by atoms with E-state index in [9.17, 15) is 19.5 Å². The van der Waals surface area contributed by atoms with E-state index in [-0.39, 0.29) is 26.2 Å². The second-order valence-corrected chi connectivity index (χ2v) is 6.85. The molecule has 11 nitrogen and oxygen atoms in total. The minimum absolute atomic E-state index is 0.168. The van der Waals surface area contributed by atoms with E-state index in [1.54, 1.807) is 22.9 Å². The van der Waals surface area contributed by atoms with Gasteiger partial charge >= 0.3 is 17.9 Å². The number of carbonyl (C=O) groups is 3. The Balaban J connectivity index is 2.99. The van der Waals surface area contributed by atoms with E-state index in [1.807, 2.05) is 4.90 Å². The highest BCUT2D eigenvalue weighted by Crippen LogP contribution is 2.03. The highest BCUT2D eigenvalue weighted by Gasteiger charge is 2.17. The Morgan fingerprint density at radius 1 is 0.750 bits per heavy atom. The summed E-state index contributed by atoms with van der Waals surface area (Å²) in [6, 6.07) is 0. The maximum Gasteiger partial charge on any atom is 0.323 e. The number of hydrogen-bond donors (Lipinski definition) is 4. The van der Waals surface area contributed by atoms with Gasteiger partial charge in [-0.15, -0.1) is 0 Å². The molecule has 0 unspecified atom stereocenters. The standard InChI is InChI=1S/C17H30N4O7/c1-14(22)10-18-2-4-19(11-15(23)24)6-8-21(13-17(27)28)9-7-20(5-3-18)12-16(25)26/h6,8,14,22H,2-5,7,9-13H2,1H3,(H,23,24)(H,25,26)(H,27,28)/b8-6+/t14-/m1/s1. The number of hydrogen-bond acceptors (Lipinski definition) is 8. The molecule has 1 aliphatic rings. The Hall–Kier alpha value is -2.37. The van der Waals surface area contributed by atoms with Crippen molar-refractivity contribution in [3.05, 3.63) is 12.4 Å². The van der Waals surface area contributed by atoms with Gasteiger partial charge in [0, 0.05) is 58.2 Å². The van der Waals surface area contributed by atoms with Crippen molar-refractivity contribution in [2.45, 2.75) is 13.0 Å². The first kappa shape index (κ1) is 23.7. The SMILES string of the molecule is C[C@@H](O)CN1CCN(CC(=O)O)/C=C/N(CC(=O)O)CCN(CC(=O)O)CC1. The number of carboxylic acids is 3. The minimum atomic E-state index is -1.03. The van der Waals surface area contributed by atoms with Crippen molar-refractivity contribution in [2.75, 3.05) is 65.4 Å². The molecule has 28 heavy (non-hydrogen) atoms. The summed E-state index contributed by atoms with van der Waals surface area (Å²) in [6.07, 6.45) is 2.49. The van der Waals surface area contributed by atoms with Crippen LogP contribution in [0.15, 0.2) is 12.4 Å². The normalized spacial score (nSPS) is 20.1. The fourth-order valence-corrected chi connectivity index (χ4v) is 2.90. The van der Waals surface area contributed by atoms with Gasteiger partial charge in [-0.1, -0.05) is 0 Å². The quantitative estimate of drug-likeness (QED) is 0.369. The second-order valence-electron chi connectivity index (χ2n) is 6.85. The van der Waals surface area contributed by atoms with Gasteiger partial charge in [-0.3, -0.25) is 24.2 Å². The number of aliphatic hydroxyl groups excluding tert-OH is 1. The first-order valence-electron chi connectivity index (χ1n) is 9.10. The molecule has 1 atom stereocenters. The Labute approximate surface area is 164 Å². The molecule has 1 rings (SSSR count). The van der Waals surface area contributed by atoms with Gasteiger partial charge in [0.25, 0.3) is 0 Å². The van der Waals surface area contributed by atoms with Crippen LogP contribution in [-0.2, 0) is 14.4 Å². The van der Waals surface area contributed by atoms with Crippen LogP contribution in [0.25, 0.3) is 0 Å². The van der Waals surface area contributed by atoms with Crippen LogP contribution in [0.1, 0.15) is 6.92 Å². The van der Waals surface area contributed by atoms with Gasteiger partial charge in [0.1, 0.15) is 13.1 Å². The molecule has 0 spiro atoms. The third-order valence-electron chi connectivity index (χ3n) is 4.19. The third-order valence-corrected chi connectivity index (χ3v) is 4.19. The highest BCUT2D eigenvalue weighted by molar-refractivity contribution is 5.70. The average molecular weight is 402 g/mol. The molecule has 160 valence electrons. The predicted octanol–water partition coefficient (Wildman–Crippen LogP) is -1.69. The smallest absolute Gasteiger partial charge is 0.323 e. The van der Waals surface area contributed by atoms with E-state index in [0.29, 0.717) is 39.3 Å². The first-order valence-corrected chi connectivity index (χ1v) is 9.10. The molecule has 1 heterocycles. The van der Waals surface area contributed by atoms with Gasteiger partial charge in [-0.05, 0) is 6.92 Å². The van der Waals surface area contributed by atoms with Gasteiger partial charge in [-0.25, -0.2) is 0 Å². The minimum Gasteiger partial charge on any atom is -0.480 e. The molecule has 0 radical (unpaired) electrons. The van der Waals surface area contributed by atoms with Gasteiger partial charge in [0.2, 0.25) is 0 Å². The lowest BCUT2D eigenvalue weighted by Gasteiger charge is -2.32. The van der Waals surface area contributed by atoms with Crippen LogP contribution in [0, 0.1) is 0 Å². The lowest BCUT2D eigenvalue weighted by Crippen LogP contribution is -2.45. The molecule has 0 aromatic carbocycles. The number of aliphatic carboxylic acids is 3. The van der Waals surface area contributed by atoms with E-state index in [2.05, 4.69) is 0 Å². The third kappa shape index (κ3) is 10.7. The molecule has 0 saturated heterocycles. The zero-order chi connectivity index (χ0) is 21.1. The summed E-state index contributed by atoms with van der Waals surface area (Å²) >= 11 is 0. The van der Waals surface area contributed by atoms with Crippen LogP contribution in [0.2, 0.25) is 0 Å². The Kier molecular flexibility index (Phi) is 10.3. The largest absolute Gasteiger partial charge is 0.480 e. The zero-order valence-electron chi connectivity index (χ0n) is 16.1. The zero-order valence-corrected chi connectivity index (χ0v) is 16.1. The van der Waals surface area contributed by atoms with Crippen LogP contribution in [0.3, 0.4) is 0 Å². The molecule has 0 aromatic heterocycles. The van der Waals surface area contributed by atoms with E-state index >= 15 is 0 Å². The summed E-state index contributed by atoms with van der Waals surface area (Å²) < 4.78 is 0. The molecular weight excluding hydrogens is 372 g/mol. The molecule has 0 aliphatic carbocycles. The second kappa shape index (κ2) is 12.2. The van der Waals surface area contributed by atoms with Crippen LogP contribution < -0.4 is 0 Å². The van der Waals surface area contributed by atoms with Crippen molar-refractivity contribution in [3.63, 3.8) is 0 Å². The van der Waals surface area contributed by atoms with Crippen LogP contribution >= 0.6 is 0 Å². The van der Waals surface area contributed by atoms with Crippen LogP contribution in [0.5, 0.6) is 0 Å². The van der Waals surface area contributed by atoms with Crippen molar-refractivity contribution in [2.24, 2.45) is 0 Å². The summed E-state index contributed by atoms with van der Waals surface area (Å²) in [5.41, 5.74) is 0. The number of rotatable bonds is 8. The Morgan fingerprint density at radius 3 is 1.57 bits per heavy atom. The molecule has 11 heteroatoms. The van der Waals surface area contributed by atoms with Crippen molar-refractivity contribution in [1.29, 1.82) is 0 Å². The van der Waals surface area contributed by atoms with Crippen LogP contribution in [-0.4, -0.2) is 129 Å². The lowest BCUT2D eigenvalue weighted by molar-refractivity contribution is -0.139. The molecule has 4 N–H and O–H groups in total. The molecule has 0 bridgehead atoms. The number of β-amino-alcohol motifs (C(OH)–C–C–N with tert-alkyl or cyclic N) is 1. The van der Waals surface area contributed by atoms with Gasteiger partial charge in [0.05, 0.1) is 12.6 Å². The molecule has 0 saturated carbocycles. The van der Waals surface area contributed by atoms with Gasteiger partial charge in [0.15, 0.2) is 0 Å². The molecule has 0 fully saturated rings. The molecular formula is C17H30N4O7. The van der Waals surface area contributed by atoms with Gasteiger partial charge in [-0.2, -0.15) is 0 Å². The predicted molar refractivity (Wildman–Crippen MR) is 99.8 cm³/mol. The van der Waals surface area contributed by atoms with E-state index in [1.165, 1.54) is 11.1 Å². The summed E-state index contributed by atoms with van der Waals surface area (Å²) in [5, 5.41) is 37.0. The fraction of sp³-hybridized carbons (Fsp3) is 0.706. The average Bonchev–Trinajstić information content (AvgIpc) is 2.55. The van der Waals surface area contributed by atoms with Crippen LogP contribution in [0.4, 0.5) is 0 Å². The van der Waals surface area contributed by atoms with Crippen molar-refractivity contribution in [3.8, 4) is 0 Å². The topological polar surface area (TPSA) is 145 Å². The lowest BCUT2D eigenvalue weighted by atomic mass is 10.3. The molecule has 0 amide bonds. The van der Waals surface area contributed by atoms with Crippen molar-refractivity contribution >= 4 is 17.9 Å². The first-order chi connectivity index (χ1) is 13.2. The van der Waals surface area contributed by atoms with Crippen molar-refractivity contribution < 1.29 is 34.8 Å². The number of aliphatic hydroxyl groups is 1. The Morgan fingerprint density at radius 2 is 1.14 bits per heavy atom. The maximum atomic E-state index is 11.1. The summed E-state index contributed by atoms with van der Waals surface area (Å²) in [6.45, 7) is 3.77. The maximum absolute atomic E-state index is 11.1. The van der Waals surface area contributed by atoms with E-state index in [0.717, 1.165) is 0 Å². The summed E-state index contributed by atoms with van der Waals surface area (Å²) in [5.74, 6) is -3.01. The molecule has 0 aromatic rings.